The van der Waals surface area contributed by atoms with Crippen LogP contribution in [0.4, 0.5) is 0 Å². The smallest absolute Gasteiger partial charge is 0.304 e. The minimum absolute atomic E-state index is 0.142. The van der Waals surface area contributed by atoms with Crippen LogP contribution in [0.1, 0.15) is 20.3 Å². The average molecular weight is 365 g/mol. The molecule has 1 aromatic rings. The summed E-state index contributed by atoms with van der Waals surface area (Å²) in [6.45, 7) is 5.79. The molecule has 0 saturated heterocycles. The highest BCUT2D eigenvalue weighted by molar-refractivity contribution is 9.10. The fourth-order valence-corrected chi connectivity index (χ4v) is 2.53. The van der Waals surface area contributed by atoms with Crippen LogP contribution < -0.4 is 4.74 Å². The first-order valence-electron chi connectivity index (χ1n) is 6.44. The van der Waals surface area contributed by atoms with Crippen LogP contribution in [0.15, 0.2) is 22.7 Å². The van der Waals surface area contributed by atoms with Gasteiger partial charge in [0.05, 0.1) is 10.9 Å². The van der Waals surface area contributed by atoms with Gasteiger partial charge in [0.15, 0.2) is 0 Å². The van der Waals surface area contributed by atoms with Gasteiger partial charge in [-0.2, -0.15) is 0 Å². The Labute approximate surface area is 132 Å². The molecule has 0 aliphatic heterocycles. The zero-order valence-corrected chi connectivity index (χ0v) is 13.9. The lowest BCUT2D eigenvalue weighted by Crippen LogP contribution is -2.36. The molecular formula is C14H19BrClNO3. The minimum Gasteiger partial charge on any atom is -0.491 e. The van der Waals surface area contributed by atoms with E-state index in [0.717, 1.165) is 10.2 Å². The molecule has 6 heteroatoms. The second kappa shape index (κ2) is 8.49. The lowest BCUT2D eigenvalue weighted by molar-refractivity contribution is -0.137. The number of rotatable bonds is 8. The Bertz CT molecular complexity index is 454. The number of hydrogen-bond donors (Lipinski definition) is 1. The predicted molar refractivity (Wildman–Crippen MR) is 83.6 cm³/mol. The van der Waals surface area contributed by atoms with Crippen LogP contribution in [0, 0.1) is 0 Å². The maximum Gasteiger partial charge on any atom is 0.304 e. The summed E-state index contributed by atoms with van der Waals surface area (Å²) in [4.78, 5) is 12.7. The van der Waals surface area contributed by atoms with E-state index < -0.39 is 5.97 Å². The van der Waals surface area contributed by atoms with Crippen molar-refractivity contribution >= 4 is 33.5 Å². The number of nitrogens with zero attached hydrogens (tertiary/aromatic N) is 1. The molecule has 0 unspecified atom stereocenters. The molecule has 4 nitrogen and oxygen atoms in total. The summed E-state index contributed by atoms with van der Waals surface area (Å²) in [7, 11) is 0. The summed E-state index contributed by atoms with van der Waals surface area (Å²) >= 11 is 9.26. The van der Waals surface area contributed by atoms with Gasteiger partial charge in [-0.3, -0.25) is 9.69 Å². The van der Waals surface area contributed by atoms with E-state index in [1.54, 1.807) is 12.1 Å². The summed E-state index contributed by atoms with van der Waals surface area (Å²) in [6.07, 6.45) is 0.142. The molecule has 1 rings (SSSR count). The number of carbonyl (C=O) groups is 1. The fraction of sp³-hybridized carbons (Fsp3) is 0.500. The van der Waals surface area contributed by atoms with E-state index in [4.69, 9.17) is 21.4 Å². The Morgan fingerprint density at radius 3 is 2.70 bits per heavy atom. The summed E-state index contributed by atoms with van der Waals surface area (Å²) in [5.41, 5.74) is 0. The van der Waals surface area contributed by atoms with E-state index in [1.807, 2.05) is 19.9 Å². The van der Waals surface area contributed by atoms with Crippen molar-refractivity contribution in [2.45, 2.75) is 26.3 Å². The summed E-state index contributed by atoms with van der Waals surface area (Å²) in [5, 5.41) is 9.38. The first-order chi connectivity index (χ1) is 9.40. The van der Waals surface area contributed by atoms with Crippen molar-refractivity contribution in [2.24, 2.45) is 0 Å². The van der Waals surface area contributed by atoms with E-state index >= 15 is 0 Å². The van der Waals surface area contributed by atoms with E-state index in [1.165, 1.54) is 0 Å². The standard InChI is InChI=1S/C14H19BrClNO3/c1-10(2)17(6-5-14(18)19)7-8-20-13-4-3-11(16)9-12(13)15/h3-4,9-10H,5-8H2,1-2H3,(H,18,19). The molecule has 0 spiro atoms. The molecule has 0 heterocycles. The average Bonchev–Trinajstić information content (AvgIpc) is 2.35. The monoisotopic (exact) mass is 363 g/mol. The Hall–Kier alpha value is -0.780. The van der Waals surface area contributed by atoms with Gasteiger partial charge in [0.25, 0.3) is 0 Å². The minimum atomic E-state index is -0.781. The fourth-order valence-electron chi connectivity index (χ4n) is 1.73. The zero-order valence-electron chi connectivity index (χ0n) is 11.6. The molecule has 0 fully saturated rings. The second-order valence-electron chi connectivity index (χ2n) is 4.70. The molecule has 0 aromatic heterocycles. The highest BCUT2D eigenvalue weighted by Gasteiger charge is 2.11. The van der Waals surface area contributed by atoms with E-state index in [-0.39, 0.29) is 12.5 Å². The first-order valence-corrected chi connectivity index (χ1v) is 7.61. The molecule has 0 aliphatic rings. The highest BCUT2D eigenvalue weighted by atomic mass is 79.9. The lowest BCUT2D eigenvalue weighted by Gasteiger charge is -2.25. The van der Waals surface area contributed by atoms with Crippen LogP contribution in [0.2, 0.25) is 5.02 Å². The molecule has 0 aliphatic carbocycles. The molecule has 1 aromatic carbocycles. The van der Waals surface area contributed by atoms with Crippen molar-refractivity contribution in [1.29, 1.82) is 0 Å². The number of carboxylic acids is 1. The number of aliphatic carboxylic acids is 1. The van der Waals surface area contributed by atoms with Gasteiger partial charge in [-0.15, -0.1) is 0 Å². The first kappa shape index (κ1) is 17.3. The normalized spacial score (nSPS) is 11.1. The highest BCUT2D eigenvalue weighted by Crippen LogP contribution is 2.27. The molecule has 0 saturated carbocycles. The molecule has 0 bridgehead atoms. The van der Waals surface area contributed by atoms with Gasteiger partial charge in [0.1, 0.15) is 12.4 Å². The third-order valence-electron chi connectivity index (χ3n) is 2.87. The number of halogens is 2. The molecule has 1 N–H and O–H groups in total. The zero-order chi connectivity index (χ0) is 15.1. The second-order valence-corrected chi connectivity index (χ2v) is 5.99. The maximum absolute atomic E-state index is 10.6. The van der Waals surface area contributed by atoms with Crippen LogP contribution in [0.25, 0.3) is 0 Å². The largest absolute Gasteiger partial charge is 0.491 e. The van der Waals surface area contributed by atoms with E-state index in [9.17, 15) is 4.79 Å². The third kappa shape index (κ3) is 6.11. The third-order valence-corrected chi connectivity index (χ3v) is 3.73. The molecule has 0 atom stereocenters. The SMILES string of the molecule is CC(C)N(CCOc1ccc(Cl)cc1Br)CCC(=O)O. The van der Waals surface area contributed by atoms with Crippen molar-refractivity contribution in [1.82, 2.24) is 4.90 Å². The number of carboxylic acid groups (broad SMARTS) is 1. The number of benzene rings is 1. The summed E-state index contributed by atoms with van der Waals surface area (Å²) in [5.74, 6) is -0.0478. The van der Waals surface area contributed by atoms with E-state index in [2.05, 4.69) is 20.8 Å². The van der Waals surface area contributed by atoms with Crippen molar-refractivity contribution in [3.05, 3.63) is 27.7 Å². The van der Waals surface area contributed by atoms with Crippen molar-refractivity contribution in [3.8, 4) is 5.75 Å². The van der Waals surface area contributed by atoms with Gasteiger partial charge >= 0.3 is 5.97 Å². The molecular weight excluding hydrogens is 346 g/mol. The number of ether oxygens (including phenoxy) is 1. The number of hydrogen-bond acceptors (Lipinski definition) is 3. The Kier molecular flexibility index (Phi) is 7.34. The summed E-state index contributed by atoms with van der Waals surface area (Å²) < 4.78 is 6.50. The van der Waals surface area contributed by atoms with Crippen LogP contribution in [-0.4, -0.2) is 41.7 Å². The quantitative estimate of drug-likeness (QED) is 0.764. The Morgan fingerprint density at radius 1 is 1.45 bits per heavy atom. The summed E-state index contributed by atoms with van der Waals surface area (Å²) in [6, 6.07) is 5.64. The van der Waals surface area contributed by atoms with Gasteiger partial charge in [0, 0.05) is 24.2 Å². The van der Waals surface area contributed by atoms with Crippen LogP contribution >= 0.6 is 27.5 Å². The van der Waals surface area contributed by atoms with Crippen LogP contribution in [0.5, 0.6) is 5.75 Å². The molecule has 0 radical (unpaired) electrons. The van der Waals surface area contributed by atoms with Gasteiger partial charge < -0.3 is 9.84 Å². The van der Waals surface area contributed by atoms with Crippen molar-refractivity contribution in [3.63, 3.8) is 0 Å². The topological polar surface area (TPSA) is 49.8 Å². The van der Waals surface area contributed by atoms with Gasteiger partial charge in [-0.25, -0.2) is 0 Å². The van der Waals surface area contributed by atoms with E-state index in [0.29, 0.717) is 24.7 Å². The van der Waals surface area contributed by atoms with Crippen molar-refractivity contribution in [2.75, 3.05) is 19.7 Å². The molecule has 20 heavy (non-hydrogen) atoms. The lowest BCUT2D eigenvalue weighted by atomic mass is 10.3. The van der Waals surface area contributed by atoms with Crippen LogP contribution in [0.3, 0.4) is 0 Å². The Morgan fingerprint density at radius 2 is 2.15 bits per heavy atom. The van der Waals surface area contributed by atoms with Crippen molar-refractivity contribution < 1.29 is 14.6 Å². The van der Waals surface area contributed by atoms with Crippen LogP contribution in [-0.2, 0) is 4.79 Å². The predicted octanol–water partition coefficient (Wildman–Crippen LogP) is 3.67. The maximum atomic E-state index is 10.6. The van der Waals surface area contributed by atoms with Gasteiger partial charge in [0.2, 0.25) is 0 Å². The molecule has 0 amide bonds. The molecule has 112 valence electrons. The van der Waals surface area contributed by atoms with Gasteiger partial charge in [-0.1, -0.05) is 11.6 Å². The van der Waals surface area contributed by atoms with Gasteiger partial charge in [-0.05, 0) is 48.0 Å². The Balaban J connectivity index is 2.45.